The van der Waals surface area contributed by atoms with Gasteiger partial charge in [0.15, 0.2) is 6.61 Å². The number of rotatable bonds is 3. The van der Waals surface area contributed by atoms with Crippen molar-refractivity contribution in [1.29, 1.82) is 5.26 Å². The molecule has 2 aromatic rings. The number of benzene rings is 1. The van der Waals surface area contributed by atoms with Crippen molar-refractivity contribution in [3.8, 4) is 11.8 Å². The molecule has 0 saturated heterocycles. The largest absolute Gasteiger partial charge is 0.447 e. The molecule has 0 amide bonds. The van der Waals surface area contributed by atoms with E-state index in [0.717, 1.165) is 0 Å². The van der Waals surface area contributed by atoms with Crippen LogP contribution in [0.4, 0.5) is 4.39 Å². The van der Waals surface area contributed by atoms with Crippen LogP contribution in [0.15, 0.2) is 24.3 Å². The quantitative estimate of drug-likeness (QED) is 0.816. The van der Waals surface area contributed by atoms with Crippen LogP contribution in [0, 0.1) is 24.1 Å². The number of aryl methyl sites for hydroxylation is 1. The lowest BCUT2D eigenvalue weighted by Crippen LogP contribution is -2.06. The SMILES string of the molecule is Cc1nn(-c2ccc(F)cc2)c(Cl)c1C(=O)OCC#N. The van der Waals surface area contributed by atoms with Crippen LogP contribution in [0.3, 0.4) is 0 Å². The highest BCUT2D eigenvalue weighted by Gasteiger charge is 2.22. The molecule has 5 nitrogen and oxygen atoms in total. The first kappa shape index (κ1) is 14.0. The molecule has 0 atom stereocenters. The van der Waals surface area contributed by atoms with E-state index in [1.807, 2.05) is 0 Å². The van der Waals surface area contributed by atoms with Gasteiger partial charge in [-0.1, -0.05) is 11.6 Å². The van der Waals surface area contributed by atoms with Crippen LogP contribution in [0.25, 0.3) is 5.69 Å². The fourth-order valence-electron chi connectivity index (χ4n) is 1.65. The average Bonchev–Trinajstić information content (AvgIpc) is 2.72. The maximum absolute atomic E-state index is 12.9. The Morgan fingerprint density at radius 1 is 1.50 bits per heavy atom. The molecule has 0 N–H and O–H groups in total. The second kappa shape index (κ2) is 5.72. The van der Waals surface area contributed by atoms with E-state index in [4.69, 9.17) is 21.6 Å². The summed E-state index contributed by atoms with van der Waals surface area (Å²) >= 11 is 6.10. The van der Waals surface area contributed by atoms with Crippen LogP contribution in [-0.2, 0) is 4.74 Å². The van der Waals surface area contributed by atoms with Crippen molar-refractivity contribution in [3.63, 3.8) is 0 Å². The number of carbonyl (C=O) groups is 1. The Labute approximate surface area is 119 Å². The summed E-state index contributed by atoms with van der Waals surface area (Å²) in [4.78, 5) is 11.8. The minimum atomic E-state index is -0.720. The van der Waals surface area contributed by atoms with Crippen LogP contribution in [0.5, 0.6) is 0 Å². The molecule has 0 fully saturated rings. The van der Waals surface area contributed by atoms with Gasteiger partial charge in [-0.25, -0.2) is 13.9 Å². The Morgan fingerprint density at radius 2 is 2.15 bits per heavy atom. The first-order chi connectivity index (χ1) is 9.54. The summed E-state index contributed by atoms with van der Waals surface area (Å²) in [6.45, 7) is 1.23. The molecule has 1 heterocycles. The maximum Gasteiger partial charge on any atom is 0.344 e. The molecular formula is C13H9ClFN3O2. The van der Waals surface area contributed by atoms with Crippen molar-refractivity contribution in [3.05, 3.63) is 46.5 Å². The van der Waals surface area contributed by atoms with Crippen LogP contribution in [0.2, 0.25) is 5.15 Å². The van der Waals surface area contributed by atoms with Crippen molar-refractivity contribution in [2.24, 2.45) is 0 Å². The molecular weight excluding hydrogens is 285 g/mol. The lowest BCUT2D eigenvalue weighted by Gasteiger charge is -2.03. The van der Waals surface area contributed by atoms with Crippen LogP contribution >= 0.6 is 11.6 Å². The van der Waals surface area contributed by atoms with Crippen LogP contribution in [0.1, 0.15) is 16.1 Å². The van der Waals surface area contributed by atoms with Gasteiger partial charge in [0, 0.05) is 0 Å². The third-order valence-corrected chi connectivity index (χ3v) is 2.90. The maximum atomic E-state index is 12.9. The molecule has 0 aliphatic rings. The van der Waals surface area contributed by atoms with Gasteiger partial charge < -0.3 is 4.74 Å². The third-order valence-electron chi connectivity index (χ3n) is 2.55. The highest BCUT2D eigenvalue weighted by Crippen LogP contribution is 2.24. The molecule has 2 rings (SSSR count). The minimum Gasteiger partial charge on any atom is -0.447 e. The third kappa shape index (κ3) is 2.63. The van der Waals surface area contributed by atoms with Gasteiger partial charge in [0.1, 0.15) is 22.6 Å². The first-order valence-corrected chi connectivity index (χ1v) is 5.97. The number of hydrogen-bond acceptors (Lipinski definition) is 4. The highest BCUT2D eigenvalue weighted by atomic mass is 35.5. The summed E-state index contributed by atoms with van der Waals surface area (Å²) in [7, 11) is 0. The van der Waals surface area contributed by atoms with Gasteiger partial charge in [-0.05, 0) is 31.2 Å². The van der Waals surface area contributed by atoms with Crippen LogP contribution < -0.4 is 0 Å². The molecule has 0 unspecified atom stereocenters. The molecule has 0 aliphatic heterocycles. The van der Waals surface area contributed by atoms with Crippen molar-refractivity contribution < 1.29 is 13.9 Å². The number of nitriles is 1. The van der Waals surface area contributed by atoms with Gasteiger partial charge in [0.2, 0.25) is 0 Å². The number of esters is 1. The second-order valence-electron chi connectivity index (χ2n) is 3.87. The van der Waals surface area contributed by atoms with Crippen molar-refractivity contribution in [1.82, 2.24) is 9.78 Å². The molecule has 20 heavy (non-hydrogen) atoms. The number of aromatic nitrogens is 2. The average molecular weight is 294 g/mol. The van der Waals surface area contributed by atoms with E-state index in [-0.39, 0.29) is 23.1 Å². The predicted octanol–water partition coefficient (Wildman–Crippen LogP) is 2.65. The van der Waals surface area contributed by atoms with Gasteiger partial charge >= 0.3 is 5.97 Å². The normalized spacial score (nSPS) is 10.1. The molecule has 0 saturated carbocycles. The van der Waals surface area contributed by atoms with Gasteiger partial charge in [0.05, 0.1) is 11.4 Å². The van der Waals surface area contributed by atoms with Gasteiger partial charge in [-0.3, -0.25) is 0 Å². The standard InChI is InChI=1S/C13H9ClFN3O2/c1-8-11(13(19)20-7-6-16)12(14)18(17-8)10-4-2-9(15)3-5-10/h2-5H,7H2,1H3. The van der Waals surface area contributed by atoms with Gasteiger partial charge in [-0.2, -0.15) is 10.4 Å². The summed E-state index contributed by atoms with van der Waals surface area (Å²) < 4.78 is 18.9. The molecule has 0 aliphatic carbocycles. The topological polar surface area (TPSA) is 67.9 Å². The van der Waals surface area contributed by atoms with E-state index >= 15 is 0 Å². The smallest absolute Gasteiger partial charge is 0.344 e. The van der Waals surface area contributed by atoms with E-state index in [0.29, 0.717) is 11.4 Å². The molecule has 7 heteroatoms. The van der Waals surface area contributed by atoms with Gasteiger partial charge in [0.25, 0.3) is 0 Å². The Hall–Kier alpha value is -2.39. The Bertz CT molecular complexity index is 689. The molecule has 102 valence electrons. The summed E-state index contributed by atoms with van der Waals surface area (Å²) in [5.74, 6) is -1.11. The Kier molecular flexibility index (Phi) is 4.01. The number of halogens is 2. The summed E-state index contributed by atoms with van der Waals surface area (Å²) in [6.07, 6.45) is 0. The zero-order valence-corrected chi connectivity index (χ0v) is 11.2. The van der Waals surface area contributed by atoms with E-state index in [1.54, 1.807) is 13.0 Å². The first-order valence-electron chi connectivity index (χ1n) is 5.59. The van der Waals surface area contributed by atoms with Crippen molar-refractivity contribution in [2.75, 3.05) is 6.61 Å². The number of carbonyl (C=O) groups excluding carboxylic acids is 1. The van der Waals surface area contributed by atoms with Crippen LogP contribution in [-0.4, -0.2) is 22.4 Å². The Morgan fingerprint density at radius 3 is 2.75 bits per heavy atom. The highest BCUT2D eigenvalue weighted by molar-refractivity contribution is 6.33. The molecule has 0 spiro atoms. The lowest BCUT2D eigenvalue weighted by molar-refractivity contribution is 0.0554. The summed E-state index contributed by atoms with van der Waals surface area (Å²) in [5.41, 5.74) is 0.965. The monoisotopic (exact) mass is 293 g/mol. The summed E-state index contributed by atoms with van der Waals surface area (Å²) in [5, 5.41) is 12.6. The predicted molar refractivity (Wildman–Crippen MR) is 69.2 cm³/mol. The Balaban J connectivity index is 2.41. The fraction of sp³-hybridized carbons (Fsp3) is 0.154. The molecule has 0 radical (unpaired) electrons. The molecule has 0 bridgehead atoms. The zero-order chi connectivity index (χ0) is 14.7. The van der Waals surface area contributed by atoms with E-state index in [1.165, 1.54) is 28.9 Å². The fourth-order valence-corrected chi connectivity index (χ4v) is 2.00. The second-order valence-corrected chi connectivity index (χ2v) is 4.23. The minimum absolute atomic E-state index is 0.0528. The molecule has 1 aromatic carbocycles. The number of hydrogen-bond donors (Lipinski definition) is 0. The van der Waals surface area contributed by atoms with E-state index in [9.17, 15) is 9.18 Å². The zero-order valence-electron chi connectivity index (χ0n) is 10.4. The van der Waals surface area contributed by atoms with Crippen molar-refractivity contribution >= 4 is 17.6 Å². The number of nitrogens with zero attached hydrogens (tertiary/aromatic N) is 3. The van der Waals surface area contributed by atoms with Crippen molar-refractivity contribution in [2.45, 2.75) is 6.92 Å². The van der Waals surface area contributed by atoms with E-state index in [2.05, 4.69) is 5.10 Å². The van der Waals surface area contributed by atoms with Gasteiger partial charge in [-0.15, -0.1) is 0 Å². The van der Waals surface area contributed by atoms with E-state index < -0.39 is 5.97 Å². The molecule has 1 aromatic heterocycles. The number of ether oxygens (including phenoxy) is 1. The summed E-state index contributed by atoms with van der Waals surface area (Å²) in [6, 6.07) is 7.19. The lowest BCUT2D eigenvalue weighted by atomic mass is 10.2.